The average molecular weight is 455 g/mol. The van der Waals surface area contributed by atoms with Crippen molar-refractivity contribution < 1.29 is 10.2 Å². The molecule has 0 unspecified atom stereocenters. The largest absolute Gasteiger partial charge is 0.394 e. The molecule has 4 rings (SSSR count). The van der Waals surface area contributed by atoms with Gasteiger partial charge in [0, 0.05) is 12.1 Å². The molecule has 0 spiro atoms. The molecule has 3 aromatic rings. The second-order valence-electron chi connectivity index (χ2n) is 8.42. The van der Waals surface area contributed by atoms with E-state index in [0.717, 1.165) is 18.4 Å². The van der Waals surface area contributed by atoms with Crippen LogP contribution in [0.4, 0.5) is 11.9 Å². The molecule has 9 heteroatoms. The summed E-state index contributed by atoms with van der Waals surface area (Å²) in [5.41, 5.74) is 5.68. The van der Waals surface area contributed by atoms with Crippen molar-refractivity contribution in [1.82, 2.24) is 19.6 Å². The molecule has 170 valence electrons. The molecule has 1 aliphatic rings. The molecule has 8 nitrogen and oxygen atoms in total. The van der Waals surface area contributed by atoms with E-state index in [1.54, 1.807) is 22.8 Å². The highest BCUT2D eigenvalue weighted by Crippen LogP contribution is 2.28. The normalized spacial score (nSPS) is 16.1. The molecule has 0 aliphatic heterocycles. The van der Waals surface area contributed by atoms with Crippen molar-refractivity contribution in [1.29, 1.82) is 0 Å². The molecular formula is C23H30N6O2S. The average Bonchev–Trinajstić information content (AvgIpc) is 3.46. The topological polar surface area (TPSA) is 108 Å². The predicted molar refractivity (Wildman–Crippen MR) is 129 cm³/mol. The quantitative estimate of drug-likeness (QED) is 0.391. The van der Waals surface area contributed by atoms with Gasteiger partial charge in [0.2, 0.25) is 11.9 Å². The van der Waals surface area contributed by atoms with Crippen molar-refractivity contribution in [3.8, 4) is 0 Å². The number of aliphatic hydroxyl groups excluding tert-OH is 2. The SMILES string of the molecule is CC(C)c1cnn2c(NCC3=CC=C(c4ccsc4)CC3)nc(N[C@@H](CO)[C@H](C)O)nc12. The Morgan fingerprint density at radius 2 is 2.03 bits per heavy atom. The molecule has 0 bridgehead atoms. The minimum absolute atomic E-state index is 0.225. The molecule has 3 aromatic heterocycles. The van der Waals surface area contributed by atoms with Crippen LogP contribution < -0.4 is 10.6 Å². The molecule has 0 fully saturated rings. The first-order chi connectivity index (χ1) is 15.5. The van der Waals surface area contributed by atoms with Gasteiger partial charge in [0.25, 0.3) is 0 Å². The Bertz CT molecular complexity index is 1120. The van der Waals surface area contributed by atoms with E-state index in [9.17, 15) is 10.2 Å². The zero-order valence-electron chi connectivity index (χ0n) is 18.6. The van der Waals surface area contributed by atoms with E-state index in [-0.39, 0.29) is 12.5 Å². The van der Waals surface area contributed by atoms with Crippen LogP contribution in [0, 0.1) is 0 Å². The van der Waals surface area contributed by atoms with Crippen LogP contribution in [-0.2, 0) is 0 Å². The van der Waals surface area contributed by atoms with E-state index in [4.69, 9.17) is 0 Å². The third-order valence-electron chi connectivity index (χ3n) is 5.71. The molecule has 3 heterocycles. The Hall–Kier alpha value is -2.75. The summed E-state index contributed by atoms with van der Waals surface area (Å²) < 4.78 is 1.72. The number of fused-ring (bicyclic) bond motifs is 1. The lowest BCUT2D eigenvalue weighted by Crippen LogP contribution is -2.35. The summed E-state index contributed by atoms with van der Waals surface area (Å²) in [6.07, 6.45) is 7.45. The standard InChI is InChI=1S/C23H30N6O2S/c1-14(2)19-11-25-29-21(19)27-22(26-20(12-30)15(3)31)28-23(29)24-10-16-4-6-17(7-5-16)18-8-9-32-13-18/h4,6,8-9,11,13-15,20,30-31H,5,7,10,12H2,1-3H3,(H2,24,26,27,28)/t15-,20-/m0/s1. The molecule has 32 heavy (non-hydrogen) atoms. The molecule has 0 amide bonds. The summed E-state index contributed by atoms with van der Waals surface area (Å²) in [5.74, 6) is 1.16. The Labute approximate surface area is 191 Å². The van der Waals surface area contributed by atoms with E-state index in [2.05, 4.69) is 68.5 Å². The summed E-state index contributed by atoms with van der Waals surface area (Å²) in [5, 5.41) is 34.7. The van der Waals surface area contributed by atoms with Crippen LogP contribution in [0.15, 0.2) is 40.7 Å². The number of nitrogens with zero attached hydrogens (tertiary/aromatic N) is 4. The van der Waals surface area contributed by atoms with E-state index in [0.29, 0.717) is 24.1 Å². The third kappa shape index (κ3) is 4.85. The minimum atomic E-state index is -0.748. The highest BCUT2D eigenvalue weighted by atomic mass is 32.1. The predicted octanol–water partition coefficient (Wildman–Crippen LogP) is 3.68. The van der Waals surface area contributed by atoms with Crippen molar-refractivity contribution in [2.45, 2.75) is 51.7 Å². The number of nitrogens with one attached hydrogen (secondary N) is 2. The molecular weight excluding hydrogens is 424 g/mol. The molecule has 0 radical (unpaired) electrons. The number of anilines is 2. The van der Waals surface area contributed by atoms with Crippen LogP contribution in [0.2, 0.25) is 0 Å². The Kier molecular flexibility index (Phi) is 6.88. The Morgan fingerprint density at radius 3 is 2.66 bits per heavy atom. The van der Waals surface area contributed by atoms with Crippen LogP contribution in [0.1, 0.15) is 50.7 Å². The molecule has 0 saturated heterocycles. The maximum absolute atomic E-state index is 9.90. The number of rotatable bonds is 9. The van der Waals surface area contributed by atoms with Gasteiger partial charge in [0.1, 0.15) is 0 Å². The van der Waals surface area contributed by atoms with Crippen LogP contribution >= 0.6 is 11.3 Å². The van der Waals surface area contributed by atoms with Gasteiger partial charge in [0.15, 0.2) is 5.65 Å². The summed E-state index contributed by atoms with van der Waals surface area (Å²) in [7, 11) is 0. The third-order valence-corrected chi connectivity index (χ3v) is 6.40. The number of hydrogen-bond acceptors (Lipinski definition) is 8. The summed E-state index contributed by atoms with van der Waals surface area (Å²) >= 11 is 1.72. The highest BCUT2D eigenvalue weighted by molar-refractivity contribution is 7.08. The first-order valence-electron chi connectivity index (χ1n) is 10.9. The summed E-state index contributed by atoms with van der Waals surface area (Å²) in [6.45, 7) is 6.23. The van der Waals surface area contributed by atoms with Crippen molar-refractivity contribution >= 4 is 34.5 Å². The summed E-state index contributed by atoms with van der Waals surface area (Å²) in [6, 6.07) is 1.61. The Balaban J connectivity index is 1.58. The lowest BCUT2D eigenvalue weighted by molar-refractivity contribution is 0.132. The maximum Gasteiger partial charge on any atom is 0.229 e. The van der Waals surface area contributed by atoms with Gasteiger partial charge in [0.05, 0.1) is 24.9 Å². The lowest BCUT2D eigenvalue weighted by Gasteiger charge is -2.20. The first kappa shape index (κ1) is 22.4. The fourth-order valence-corrected chi connectivity index (χ4v) is 4.35. The van der Waals surface area contributed by atoms with E-state index >= 15 is 0 Å². The zero-order valence-corrected chi connectivity index (χ0v) is 19.4. The zero-order chi connectivity index (χ0) is 22.7. The van der Waals surface area contributed by atoms with Gasteiger partial charge >= 0.3 is 0 Å². The van der Waals surface area contributed by atoms with Crippen molar-refractivity contribution in [3.05, 3.63) is 51.9 Å². The number of aromatic nitrogens is 4. The van der Waals surface area contributed by atoms with Gasteiger partial charge < -0.3 is 20.8 Å². The van der Waals surface area contributed by atoms with Crippen LogP contribution in [0.25, 0.3) is 11.2 Å². The first-order valence-corrected chi connectivity index (χ1v) is 11.9. The summed E-state index contributed by atoms with van der Waals surface area (Å²) in [4.78, 5) is 9.20. The highest BCUT2D eigenvalue weighted by Gasteiger charge is 2.19. The van der Waals surface area contributed by atoms with Gasteiger partial charge in [-0.15, -0.1) is 0 Å². The lowest BCUT2D eigenvalue weighted by atomic mass is 9.95. The number of thiophene rings is 1. The molecule has 0 aromatic carbocycles. The fourth-order valence-electron chi connectivity index (χ4n) is 3.67. The van der Waals surface area contributed by atoms with Gasteiger partial charge in [-0.05, 0) is 53.6 Å². The number of hydrogen-bond donors (Lipinski definition) is 4. The number of aliphatic hydroxyl groups is 2. The maximum atomic E-state index is 9.90. The van der Waals surface area contributed by atoms with E-state index in [1.807, 2.05) is 6.20 Å². The van der Waals surface area contributed by atoms with Gasteiger partial charge in [-0.25, -0.2) is 0 Å². The fraction of sp³-hybridized carbons (Fsp3) is 0.435. The van der Waals surface area contributed by atoms with Gasteiger partial charge in [-0.2, -0.15) is 30.9 Å². The monoisotopic (exact) mass is 454 g/mol. The van der Waals surface area contributed by atoms with E-state index in [1.165, 1.54) is 16.7 Å². The second kappa shape index (κ2) is 9.81. The molecule has 1 aliphatic carbocycles. The molecule has 0 saturated carbocycles. The van der Waals surface area contributed by atoms with Crippen molar-refractivity contribution in [2.75, 3.05) is 23.8 Å². The van der Waals surface area contributed by atoms with Gasteiger partial charge in [-0.1, -0.05) is 31.6 Å². The van der Waals surface area contributed by atoms with Gasteiger partial charge in [-0.3, -0.25) is 0 Å². The smallest absolute Gasteiger partial charge is 0.229 e. The molecule has 2 atom stereocenters. The number of allylic oxidation sites excluding steroid dienone is 3. The van der Waals surface area contributed by atoms with E-state index < -0.39 is 12.1 Å². The van der Waals surface area contributed by atoms with Crippen LogP contribution in [-0.4, -0.2) is 55.1 Å². The minimum Gasteiger partial charge on any atom is -0.394 e. The van der Waals surface area contributed by atoms with Crippen molar-refractivity contribution in [2.24, 2.45) is 0 Å². The Morgan fingerprint density at radius 1 is 1.19 bits per heavy atom. The van der Waals surface area contributed by atoms with Crippen LogP contribution in [0.5, 0.6) is 0 Å². The van der Waals surface area contributed by atoms with Crippen LogP contribution in [0.3, 0.4) is 0 Å². The van der Waals surface area contributed by atoms with Crippen molar-refractivity contribution in [3.63, 3.8) is 0 Å². The second-order valence-corrected chi connectivity index (χ2v) is 9.20. The molecule has 4 N–H and O–H groups in total.